The molecule has 0 spiro atoms. The van der Waals surface area contributed by atoms with Gasteiger partial charge in [-0.1, -0.05) is 11.6 Å². The Morgan fingerprint density at radius 1 is 1.44 bits per heavy atom. The molecule has 4 nitrogen and oxygen atoms in total. The van der Waals surface area contributed by atoms with Gasteiger partial charge in [0.1, 0.15) is 11.3 Å². The van der Waals surface area contributed by atoms with Crippen LogP contribution in [-0.4, -0.2) is 23.2 Å². The maximum Gasteiger partial charge on any atom is 0.335 e. The predicted molar refractivity (Wildman–Crippen MR) is 60.3 cm³/mol. The second kappa shape index (κ2) is 3.98. The van der Waals surface area contributed by atoms with Crippen LogP contribution in [0.2, 0.25) is 5.02 Å². The minimum atomic E-state index is -1.01. The fourth-order valence-electron chi connectivity index (χ4n) is 1.47. The highest BCUT2D eigenvalue weighted by molar-refractivity contribution is 6.31. The summed E-state index contributed by atoms with van der Waals surface area (Å²) in [5.41, 5.74) is 0.741. The molecule has 0 saturated carbocycles. The molecule has 0 aliphatic heterocycles. The van der Waals surface area contributed by atoms with Gasteiger partial charge in [0.15, 0.2) is 0 Å². The van der Waals surface area contributed by atoms with Gasteiger partial charge in [0, 0.05) is 11.6 Å². The van der Waals surface area contributed by atoms with Crippen molar-refractivity contribution in [2.75, 3.05) is 7.11 Å². The fraction of sp³-hybridized carbons (Fsp3) is 0.0909. The number of benzene rings is 1. The number of methoxy groups -OCH3 is 1. The first-order valence-electron chi connectivity index (χ1n) is 4.48. The molecule has 2 rings (SSSR count). The number of carbonyl (C=O) groups is 1. The lowest BCUT2D eigenvalue weighted by atomic mass is 10.1. The van der Waals surface area contributed by atoms with Crippen molar-refractivity contribution < 1.29 is 14.6 Å². The monoisotopic (exact) mass is 237 g/mol. The summed E-state index contributed by atoms with van der Waals surface area (Å²) in [4.78, 5) is 15.0. The predicted octanol–water partition coefficient (Wildman–Crippen LogP) is 2.59. The minimum Gasteiger partial charge on any atom is -0.494 e. The number of hydrogen-bond donors (Lipinski definition) is 1. The van der Waals surface area contributed by atoms with Gasteiger partial charge in [-0.25, -0.2) is 4.79 Å². The van der Waals surface area contributed by atoms with E-state index in [1.165, 1.54) is 25.4 Å². The van der Waals surface area contributed by atoms with Crippen LogP contribution in [0.5, 0.6) is 5.75 Å². The van der Waals surface area contributed by atoms with Gasteiger partial charge < -0.3 is 9.84 Å². The Bertz CT molecular complexity index is 568. The van der Waals surface area contributed by atoms with Crippen molar-refractivity contribution in [2.45, 2.75) is 0 Å². The third-order valence-corrected chi connectivity index (χ3v) is 2.39. The van der Waals surface area contributed by atoms with Crippen LogP contribution < -0.4 is 4.74 Å². The second-order valence-corrected chi connectivity index (χ2v) is 3.65. The summed E-state index contributed by atoms with van der Waals surface area (Å²) < 4.78 is 5.09. The highest BCUT2D eigenvalue weighted by Crippen LogP contribution is 2.27. The number of rotatable bonds is 2. The molecule has 1 aromatic heterocycles. The standard InChI is InChI=1S/C11H8ClNO3/c1-16-9-4-7(11(14)15)2-6-3-8(12)5-13-10(6)9/h2-5H,1H3,(H,14,15). The van der Waals surface area contributed by atoms with Crippen LogP contribution in [0.1, 0.15) is 10.4 Å². The van der Waals surface area contributed by atoms with Gasteiger partial charge in [-0.3, -0.25) is 4.98 Å². The van der Waals surface area contributed by atoms with E-state index in [1.807, 2.05) is 0 Å². The van der Waals surface area contributed by atoms with Crippen molar-refractivity contribution in [1.29, 1.82) is 0 Å². The Morgan fingerprint density at radius 2 is 2.19 bits per heavy atom. The molecule has 5 heteroatoms. The molecule has 0 saturated heterocycles. The van der Waals surface area contributed by atoms with E-state index in [-0.39, 0.29) is 5.56 Å². The molecule has 0 amide bonds. The lowest BCUT2D eigenvalue weighted by molar-refractivity contribution is 0.0696. The number of ether oxygens (including phenoxy) is 1. The molecule has 0 fully saturated rings. The van der Waals surface area contributed by atoms with Crippen LogP contribution in [0, 0.1) is 0 Å². The zero-order chi connectivity index (χ0) is 11.7. The van der Waals surface area contributed by atoms with Crippen LogP contribution in [0.3, 0.4) is 0 Å². The molecule has 0 atom stereocenters. The second-order valence-electron chi connectivity index (χ2n) is 3.21. The summed E-state index contributed by atoms with van der Waals surface area (Å²) in [5, 5.41) is 10.0. The number of hydrogen-bond acceptors (Lipinski definition) is 3. The van der Waals surface area contributed by atoms with Crippen molar-refractivity contribution in [3.05, 3.63) is 35.0 Å². The number of fused-ring (bicyclic) bond motifs is 1. The highest BCUT2D eigenvalue weighted by Gasteiger charge is 2.10. The van der Waals surface area contributed by atoms with Crippen molar-refractivity contribution in [3.8, 4) is 5.75 Å². The van der Waals surface area contributed by atoms with Gasteiger partial charge in [0.2, 0.25) is 0 Å². The molecule has 82 valence electrons. The van der Waals surface area contributed by atoms with E-state index < -0.39 is 5.97 Å². The zero-order valence-electron chi connectivity index (χ0n) is 8.40. The third-order valence-electron chi connectivity index (χ3n) is 2.18. The number of halogens is 1. The van der Waals surface area contributed by atoms with Crippen molar-refractivity contribution >= 4 is 28.5 Å². The van der Waals surface area contributed by atoms with E-state index in [0.29, 0.717) is 21.7 Å². The smallest absolute Gasteiger partial charge is 0.335 e. The Kier molecular flexibility index (Phi) is 2.66. The molecular formula is C11H8ClNO3. The van der Waals surface area contributed by atoms with E-state index in [0.717, 1.165) is 0 Å². The van der Waals surface area contributed by atoms with Crippen LogP contribution in [0.4, 0.5) is 0 Å². The molecule has 1 N–H and O–H groups in total. The largest absolute Gasteiger partial charge is 0.494 e. The zero-order valence-corrected chi connectivity index (χ0v) is 9.15. The normalized spacial score (nSPS) is 10.4. The Hall–Kier alpha value is -1.81. The summed E-state index contributed by atoms with van der Waals surface area (Å²) in [6.07, 6.45) is 1.49. The van der Waals surface area contributed by atoms with Crippen LogP contribution in [-0.2, 0) is 0 Å². The first kappa shape index (κ1) is 10.7. The van der Waals surface area contributed by atoms with Crippen LogP contribution in [0.15, 0.2) is 24.4 Å². The lowest BCUT2D eigenvalue weighted by Crippen LogP contribution is -1.98. The van der Waals surface area contributed by atoms with E-state index >= 15 is 0 Å². The number of carboxylic acid groups (broad SMARTS) is 1. The molecular weight excluding hydrogens is 230 g/mol. The summed E-state index contributed by atoms with van der Waals surface area (Å²) in [7, 11) is 1.47. The van der Waals surface area contributed by atoms with E-state index in [1.54, 1.807) is 6.07 Å². The number of carboxylic acids is 1. The van der Waals surface area contributed by atoms with Crippen molar-refractivity contribution in [1.82, 2.24) is 4.98 Å². The average molecular weight is 238 g/mol. The summed E-state index contributed by atoms with van der Waals surface area (Å²) >= 11 is 5.80. The van der Waals surface area contributed by atoms with Gasteiger partial charge in [0.25, 0.3) is 0 Å². The first-order valence-corrected chi connectivity index (χ1v) is 4.86. The van der Waals surface area contributed by atoms with Gasteiger partial charge >= 0.3 is 5.97 Å². The Labute approximate surface area is 96.4 Å². The van der Waals surface area contributed by atoms with Crippen molar-refractivity contribution in [2.24, 2.45) is 0 Å². The lowest BCUT2D eigenvalue weighted by Gasteiger charge is -2.06. The Morgan fingerprint density at radius 3 is 2.81 bits per heavy atom. The molecule has 0 aliphatic carbocycles. The van der Waals surface area contributed by atoms with Crippen LogP contribution >= 0.6 is 11.6 Å². The van der Waals surface area contributed by atoms with Gasteiger partial charge in [-0.15, -0.1) is 0 Å². The summed E-state index contributed by atoms with van der Waals surface area (Å²) in [5.74, 6) is -0.591. The summed E-state index contributed by atoms with van der Waals surface area (Å²) in [6.45, 7) is 0. The topological polar surface area (TPSA) is 59.4 Å². The molecule has 1 aromatic carbocycles. The maximum atomic E-state index is 10.9. The highest BCUT2D eigenvalue weighted by atomic mass is 35.5. The van der Waals surface area contributed by atoms with Gasteiger partial charge in [-0.2, -0.15) is 0 Å². The molecule has 0 unspecified atom stereocenters. The molecule has 0 radical (unpaired) electrons. The van der Waals surface area contributed by atoms with Gasteiger partial charge in [-0.05, 0) is 18.2 Å². The fourth-order valence-corrected chi connectivity index (χ4v) is 1.64. The molecule has 16 heavy (non-hydrogen) atoms. The van der Waals surface area contributed by atoms with E-state index in [2.05, 4.69) is 4.98 Å². The SMILES string of the molecule is COc1cc(C(=O)O)cc2cc(Cl)cnc12. The average Bonchev–Trinajstić information content (AvgIpc) is 2.26. The molecule has 0 aliphatic rings. The summed E-state index contributed by atoms with van der Waals surface area (Å²) in [6, 6.07) is 4.60. The van der Waals surface area contributed by atoms with E-state index in [4.69, 9.17) is 21.4 Å². The number of aromatic carboxylic acids is 1. The number of aromatic nitrogens is 1. The van der Waals surface area contributed by atoms with Crippen LogP contribution in [0.25, 0.3) is 10.9 Å². The molecule has 2 aromatic rings. The van der Waals surface area contributed by atoms with E-state index in [9.17, 15) is 4.79 Å². The third kappa shape index (κ3) is 1.79. The van der Waals surface area contributed by atoms with Crippen molar-refractivity contribution in [3.63, 3.8) is 0 Å². The Balaban J connectivity index is 2.78. The molecule has 1 heterocycles. The first-order chi connectivity index (χ1) is 7.61. The number of pyridine rings is 1. The minimum absolute atomic E-state index is 0.147. The maximum absolute atomic E-state index is 10.9. The number of nitrogens with zero attached hydrogens (tertiary/aromatic N) is 1. The van der Waals surface area contributed by atoms with Gasteiger partial charge in [0.05, 0.1) is 17.7 Å². The quantitative estimate of drug-likeness (QED) is 0.872. The molecule has 0 bridgehead atoms.